The Morgan fingerprint density at radius 2 is 2.16 bits per heavy atom. The van der Waals surface area contributed by atoms with Crippen LogP contribution in [0, 0.1) is 5.92 Å². The fourth-order valence-electron chi connectivity index (χ4n) is 2.62. The van der Waals surface area contributed by atoms with Gasteiger partial charge in [-0.15, -0.1) is 11.6 Å². The van der Waals surface area contributed by atoms with Gasteiger partial charge < -0.3 is 4.74 Å². The van der Waals surface area contributed by atoms with E-state index in [1.165, 1.54) is 0 Å². The number of ether oxygens (including phenoxy) is 1. The number of allylic oxidation sites excluding steroid dienone is 2. The van der Waals surface area contributed by atoms with Crippen LogP contribution in [0.2, 0.25) is 0 Å². The molecule has 1 heterocycles. The smallest absolute Gasteiger partial charge is 0.354 e. The Morgan fingerprint density at radius 1 is 1.52 bits per heavy atom. The molecule has 2 unspecified atom stereocenters. The molecule has 2 atom stereocenters. The number of carbonyl (C=O) groups is 3. The molecule has 0 aromatic rings. The number of aliphatic imine (C=N–C) groups is 1. The molecule has 8 heteroatoms. The molecule has 2 rings (SSSR count). The van der Waals surface area contributed by atoms with Gasteiger partial charge in [0.2, 0.25) is 5.91 Å². The first-order chi connectivity index (χ1) is 11.6. The van der Waals surface area contributed by atoms with Gasteiger partial charge in [-0.25, -0.2) is 23.9 Å². The van der Waals surface area contributed by atoms with Gasteiger partial charge in [0, 0.05) is 12.1 Å². The molecule has 2 aliphatic rings. The summed E-state index contributed by atoms with van der Waals surface area (Å²) in [7, 11) is 0. The molecule has 0 fully saturated rings. The number of carbonyl (C=O) groups excluding carboxylic acids is 3. The third-order valence-corrected chi connectivity index (χ3v) is 4.41. The van der Waals surface area contributed by atoms with Crippen molar-refractivity contribution >= 4 is 35.2 Å². The Hall–Kier alpha value is -2.02. The van der Waals surface area contributed by atoms with E-state index < -0.39 is 40.6 Å². The highest BCUT2D eigenvalue weighted by Crippen LogP contribution is 2.37. The maximum absolute atomic E-state index is 14.3. The van der Waals surface area contributed by atoms with E-state index in [1.807, 2.05) is 0 Å². The van der Waals surface area contributed by atoms with Crippen molar-refractivity contribution in [3.8, 4) is 0 Å². The fraction of sp³-hybridized carbons (Fsp3) is 0.529. The first kappa shape index (κ1) is 19.3. The Balaban J connectivity index is 2.44. The monoisotopic (exact) mass is 370 g/mol. The molecule has 1 aliphatic heterocycles. The highest BCUT2D eigenvalue weighted by Gasteiger charge is 2.44. The molecule has 1 aliphatic carbocycles. The van der Waals surface area contributed by atoms with Crippen molar-refractivity contribution in [3.05, 3.63) is 23.7 Å². The highest BCUT2D eigenvalue weighted by atomic mass is 35.5. The molecule has 136 valence electrons. The van der Waals surface area contributed by atoms with Crippen molar-refractivity contribution in [3.63, 3.8) is 0 Å². The molecule has 0 radical (unpaired) electrons. The fourth-order valence-corrected chi connectivity index (χ4v) is 2.85. The van der Waals surface area contributed by atoms with Crippen LogP contribution in [0.4, 0.5) is 9.18 Å². The minimum Gasteiger partial charge on any atom is -0.461 e. The van der Waals surface area contributed by atoms with E-state index in [-0.39, 0.29) is 12.1 Å². The summed E-state index contributed by atoms with van der Waals surface area (Å²) in [5.74, 6) is -2.85. The topological polar surface area (TPSA) is 76.0 Å². The number of hydrogen-bond donors (Lipinski definition) is 0. The van der Waals surface area contributed by atoms with Gasteiger partial charge in [-0.3, -0.25) is 4.79 Å². The van der Waals surface area contributed by atoms with Gasteiger partial charge in [-0.1, -0.05) is 6.92 Å². The van der Waals surface area contributed by atoms with E-state index in [2.05, 4.69) is 4.99 Å². The van der Waals surface area contributed by atoms with E-state index in [0.29, 0.717) is 17.0 Å². The number of hydrogen-bond acceptors (Lipinski definition) is 4. The minimum atomic E-state index is -1.69. The Kier molecular flexibility index (Phi) is 5.46. The third-order valence-electron chi connectivity index (χ3n) is 3.99. The zero-order valence-electron chi connectivity index (χ0n) is 14.5. The summed E-state index contributed by atoms with van der Waals surface area (Å²) < 4.78 is 19.4. The lowest BCUT2D eigenvalue weighted by molar-refractivity contribution is -0.149. The highest BCUT2D eigenvalue weighted by molar-refractivity contribution is 6.36. The van der Waals surface area contributed by atoms with Gasteiger partial charge in [0.25, 0.3) is 0 Å². The molecule has 0 aromatic heterocycles. The predicted molar refractivity (Wildman–Crippen MR) is 90.8 cm³/mol. The molecule has 0 bridgehead atoms. The molecule has 0 aromatic carbocycles. The number of imide groups is 1. The number of nitrogens with zero attached hydrogens (tertiary/aromatic N) is 2. The van der Waals surface area contributed by atoms with Crippen LogP contribution < -0.4 is 0 Å². The maximum atomic E-state index is 14.3. The summed E-state index contributed by atoms with van der Waals surface area (Å²) in [6, 6.07) is -0.895. The zero-order valence-corrected chi connectivity index (χ0v) is 15.3. The van der Waals surface area contributed by atoms with Crippen LogP contribution in [0.1, 0.15) is 40.5 Å². The number of halogens is 2. The number of esters is 1. The van der Waals surface area contributed by atoms with Crippen molar-refractivity contribution in [2.75, 3.05) is 0 Å². The minimum absolute atomic E-state index is 0.148. The van der Waals surface area contributed by atoms with E-state index in [0.717, 1.165) is 12.2 Å². The molecule has 0 N–H and O–H groups in total. The number of alkyl halides is 1. The number of rotatable bonds is 4. The lowest BCUT2D eigenvalue weighted by atomic mass is 9.94. The molecule has 0 spiro atoms. The van der Waals surface area contributed by atoms with Gasteiger partial charge in [0.15, 0.2) is 4.87 Å². The lowest BCUT2D eigenvalue weighted by Crippen LogP contribution is -2.47. The molecule has 3 amide bonds. The van der Waals surface area contributed by atoms with Gasteiger partial charge in [0.05, 0.1) is 17.7 Å². The van der Waals surface area contributed by atoms with E-state index >= 15 is 0 Å². The summed E-state index contributed by atoms with van der Waals surface area (Å²) >= 11 is 6.29. The second-order valence-electron chi connectivity index (χ2n) is 6.24. The van der Waals surface area contributed by atoms with Crippen LogP contribution in [0.25, 0.3) is 0 Å². The summed E-state index contributed by atoms with van der Waals surface area (Å²) in [6.07, 6.45) is 2.00. The molecular formula is C17H20ClFN2O4. The Morgan fingerprint density at radius 3 is 2.72 bits per heavy atom. The molecular weight excluding hydrogens is 351 g/mol. The SMILES string of the molecule is CCC1=NC(=O)N(C2=CC(Cl)(C(=O)OC(C)C)CC=C2F)C(=O)C1C. The van der Waals surface area contributed by atoms with Crippen LogP contribution in [0.5, 0.6) is 0 Å². The Bertz CT molecular complexity index is 713. The largest absolute Gasteiger partial charge is 0.461 e. The lowest BCUT2D eigenvalue weighted by Gasteiger charge is -2.32. The van der Waals surface area contributed by atoms with Crippen molar-refractivity contribution in [2.24, 2.45) is 10.9 Å². The summed E-state index contributed by atoms with van der Waals surface area (Å²) in [5, 5.41) is 0. The van der Waals surface area contributed by atoms with Crippen molar-refractivity contribution in [2.45, 2.75) is 51.5 Å². The van der Waals surface area contributed by atoms with Crippen molar-refractivity contribution < 1.29 is 23.5 Å². The second-order valence-corrected chi connectivity index (χ2v) is 6.91. The van der Waals surface area contributed by atoms with Gasteiger partial charge >= 0.3 is 12.0 Å². The summed E-state index contributed by atoms with van der Waals surface area (Å²) in [4.78, 5) is 39.8. The third kappa shape index (κ3) is 3.66. The average molecular weight is 371 g/mol. The van der Waals surface area contributed by atoms with Gasteiger partial charge in [-0.05, 0) is 39.3 Å². The second kappa shape index (κ2) is 7.07. The van der Waals surface area contributed by atoms with Gasteiger partial charge in [0.1, 0.15) is 5.83 Å². The van der Waals surface area contributed by atoms with E-state index in [1.54, 1.807) is 27.7 Å². The summed E-state index contributed by atoms with van der Waals surface area (Å²) in [6.45, 7) is 6.68. The normalized spacial score (nSPS) is 27.1. The Labute approximate surface area is 150 Å². The number of amides is 3. The molecule has 0 saturated heterocycles. The van der Waals surface area contributed by atoms with E-state index in [9.17, 15) is 18.8 Å². The van der Waals surface area contributed by atoms with Crippen LogP contribution >= 0.6 is 11.6 Å². The number of urea groups is 1. The van der Waals surface area contributed by atoms with Gasteiger partial charge in [-0.2, -0.15) is 0 Å². The maximum Gasteiger partial charge on any atom is 0.354 e. The van der Waals surface area contributed by atoms with Crippen LogP contribution in [-0.2, 0) is 14.3 Å². The van der Waals surface area contributed by atoms with Crippen LogP contribution in [0.15, 0.2) is 28.7 Å². The molecule has 0 saturated carbocycles. The van der Waals surface area contributed by atoms with Crippen LogP contribution in [0.3, 0.4) is 0 Å². The molecule has 25 heavy (non-hydrogen) atoms. The zero-order chi connectivity index (χ0) is 18.9. The average Bonchev–Trinajstić information content (AvgIpc) is 2.53. The standard InChI is InChI=1S/C17H20ClFN2O4/c1-5-12-10(4)14(22)21(16(24)20-12)13-8-17(18,7-6-11(13)19)15(23)25-9(2)3/h6,8-10H,5,7H2,1-4H3. The van der Waals surface area contributed by atoms with Crippen molar-refractivity contribution in [1.82, 2.24) is 4.90 Å². The first-order valence-electron chi connectivity index (χ1n) is 8.05. The molecule has 6 nitrogen and oxygen atoms in total. The van der Waals surface area contributed by atoms with Crippen LogP contribution in [-0.4, -0.2) is 39.5 Å². The quantitative estimate of drug-likeness (QED) is 0.560. The summed E-state index contributed by atoms with van der Waals surface area (Å²) in [5.41, 5.74) is 0.0612. The van der Waals surface area contributed by atoms with Crippen molar-refractivity contribution in [1.29, 1.82) is 0 Å². The predicted octanol–water partition coefficient (Wildman–Crippen LogP) is 3.51. The first-order valence-corrected chi connectivity index (χ1v) is 8.42. The van der Waals surface area contributed by atoms with E-state index in [4.69, 9.17) is 16.3 Å².